The van der Waals surface area contributed by atoms with E-state index < -0.39 is 21.6 Å². The molecule has 4 aromatic heterocycles. The number of nitrogens with zero attached hydrogens (tertiary/aromatic N) is 6. The molecule has 6 aromatic rings. The van der Waals surface area contributed by atoms with Crippen molar-refractivity contribution in [2.45, 2.75) is 49.5 Å². The van der Waals surface area contributed by atoms with Crippen LogP contribution in [0.4, 0.5) is 0 Å². The molecule has 0 saturated carbocycles. The van der Waals surface area contributed by atoms with E-state index >= 15 is 0 Å². The van der Waals surface area contributed by atoms with E-state index in [1.54, 1.807) is 77.2 Å². The summed E-state index contributed by atoms with van der Waals surface area (Å²) in [6.07, 6.45) is 3.46. The van der Waals surface area contributed by atoms with Crippen LogP contribution in [0.3, 0.4) is 0 Å². The van der Waals surface area contributed by atoms with Crippen LogP contribution < -0.4 is 28.9 Å². The summed E-state index contributed by atoms with van der Waals surface area (Å²) in [6, 6.07) is 10.8. The number of pyridine rings is 2. The fourth-order valence-corrected chi connectivity index (χ4v) is 7.24. The number of ether oxygens (including phenoxy) is 4. The Hall–Kier alpha value is -3.50. The second kappa shape index (κ2) is 22.0. The van der Waals surface area contributed by atoms with Gasteiger partial charge in [-0.15, -0.1) is 0 Å². The molecule has 0 aliphatic carbocycles. The Morgan fingerprint density at radius 1 is 0.585 bits per heavy atom. The van der Waals surface area contributed by atoms with Crippen LogP contribution in [-0.4, -0.2) is 124 Å². The molecule has 4 heterocycles. The Kier molecular flexibility index (Phi) is 20.6. The third kappa shape index (κ3) is 11.3. The minimum absolute atomic E-state index is 0. The van der Waals surface area contributed by atoms with Crippen molar-refractivity contribution in [2.24, 2.45) is 0 Å². The normalized spacial score (nSPS) is 11.2. The summed E-state index contributed by atoms with van der Waals surface area (Å²) in [5.41, 5.74) is 7.87. The zero-order chi connectivity index (χ0) is 34.5. The average molecular weight is 849 g/mol. The van der Waals surface area contributed by atoms with E-state index in [0.29, 0.717) is 43.9 Å². The van der Waals surface area contributed by atoms with E-state index in [-0.39, 0.29) is 78.9 Å². The van der Waals surface area contributed by atoms with Gasteiger partial charge in [0.25, 0.3) is 0 Å². The molecule has 0 unspecified atom stereocenters. The number of imidazole rings is 2. The summed E-state index contributed by atoms with van der Waals surface area (Å²) in [4.78, 5) is 26.2. The zero-order valence-corrected chi connectivity index (χ0v) is 35.8. The van der Waals surface area contributed by atoms with Gasteiger partial charge < -0.3 is 60.8 Å². The molecule has 53 heavy (non-hydrogen) atoms. The van der Waals surface area contributed by atoms with E-state index in [9.17, 15) is 8.42 Å². The summed E-state index contributed by atoms with van der Waals surface area (Å²) in [7, 11) is 3.66. The molecule has 0 aliphatic rings. The molecule has 6 rings (SSSR count). The molecule has 0 saturated heterocycles. The first-order valence-corrected chi connectivity index (χ1v) is 17.4. The molecule has 0 radical (unpaired) electrons. The number of methoxy groups -OCH3 is 4. The van der Waals surface area contributed by atoms with Crippen molar-refractivity contribution in [1.82, 2.24) is 29.9 Å². The van der Waals surface area contributed by atoms with Gasteiger partial charge in [-0.3, -0.25) is 18.4 Å². The summed E-state index contributed by atoms with van der Waals surface area (Å²) in [6.45, 7) is 7.69. The van der Waals surface area contributed by atoms with Crippen molar-refractivity contribution in [3.05, 3.63) is 82.4 Å². The van der Waals surface area contributed by atoms with Gasteiger partial charge in [-0.25, -0.2) is 0 Å². The topological polar surface area (TPSA) is 277 Å². The SMILES string of the molecule is COc1ccc2[n-]c([S@@](=O)Cc3ncc(C)c(OC)c3C)nc2c1.COc1ccc2[n-]c([S@](=O)Cc3ncc(C)c(OC)c3C)nc2c1.O.O.O.O.[Sr+2]. The predicted octanol–water partition coefficient (Wildman–Crippen LogP) is 1.38. The minimum atomic E-state index is -1.38. The Bertz CT molecular complexity index is 2010. The summed E-state index contributed by atoms with van der Waals surface area (Å²) < 4.78 is 46.4. The zero-order valence-electron chi connectivity index (χ0n) is 30.7. The number of benzene rings is 2. The molecule has 0 fully saturated rings. The number of fused-ring (bicyclic) bond motifs is 2. The maximum absolute atomic E-state index is 12.6. The maximum atomic E-state index is 12.6. The maximum Gasteiger partial charge on any atom is 2.00 e. The third-order valence-corrected chi connectivity index (χ3v) is 9.92. The van der Waals surface area contributed by atoms with Crippen molar-refractivity contribution in [3.63, 3.8) is 0 Å². The largest absolute Gasteiger partial charge is 2.00 e. The van der Waals surface area contributed by atoms with Crippen LogP contribution in [0.25, 0.3) is 22.1 Å². The van der Waals surface area contributed by atoms with Crippen LogP contribution in [0.1, 0.15) is 33.6 Å². The van der Waals surface area contributed by atoms with Crippen molar-refractivity contribution in [2.75, 3.05) is 28.4 Å². The molecule has 0 aliphatic heterocycles. The van der Waals surface area contributed by atoms with E-state index in [0.717, 1.165) is 45.1 Å². The molecule has 0 spiro atoms. The number of hydrogen-bond donors (Lipinski definition) is 0. The van der Waals surface area contributed by atoms with Gasteiger partial charge >= 0.3 is 45.5 Å². The molecule has 8 N–H and O–H groups in total. The third-order valence-electron chi connectivity index (χ3n) is 7.67. The molecule has 284 valence electrons. The van der Waals surface area contributed by atoms with E-state index in [2.05, 4.69) is 29.9 Å². The summed E-state index contributed by atoms with van der Waals surface area (Å²) >= 11 is 0. The number of rotatable bonds is 10. The molecule has 2 aromatic carbocycles. The van der Waals surface area contributed by atoms with E-state index in [1.165, 1.54) is 0 Å². The summed E-state index contributed by atoms with van der Waals surface area (Å²) in [5, 5.41) is 0.609. The van der Waals surface area contributed by atoms with Crippen molar-refractivity contribution in [3.8, 4) is 23.0 Å². The smallest absolute Gasteiger partial charge is 0.497 e. The Labute approximate surface area is 348 Å². The fraction of sp³-hybridized carbons (Fsp3) is 0.294. The van der Waals surface area contributed by atoms with E-state index in [1.807, 2.05) is 27.7 Å². The van der Waals surface area contributed by atoms with Crippen LogP contribution in [0.5, 0.6) is 23.0 Å². The van der Waals surface area contributed by atoms with Crippen LogP contribution in [0.2, 0.25) is 0 Å². The molecule has 2 atom stereocenters. The van der Waals surface area contributed by atoms with Crippen molar-refractivity contribution in [1.29, 1.82) is 0 Å². The Balaban J connectivity index is 0.000000932. The van der Waals surface area contributed by atoms with Gasteiger partial charge in [0.15, 0.2) is 0 Å². The predicted molar refractivity (Wildman–Crippen MR) is 204 cm³/mol. The molecule has 16 nitrogen and oxygen atoms in total. The van der Waals surface area contributed by atoms with Gasteiger partial charge in [0, 0.05) is 45.0 Å². The van der Waals surface area contributed by atoms with Crippen LogP contribution in [-0.2, 0) is 33.1 Å². The Morgan fingerprint density at radius 2 is 0.943 bits per heavy atom. The number of aryl methyl sites for hydroxylation is 2. The van der Waals surface area contributed by atoms with Crippen LogP contribution >= 0.6 is 0 Å². The average Bonchev–Trinajstić information content (AvgIpc) is 3.72. The molecular weight excluding hydrogens is 804 g/mol. The van der Waals surface area contributed by atoms with Gasteiger partial charge in [0.2, 0.25) is 0 Å². The quantitative estimate of drug-likeness (QED) is 0.177. The second-order valence-corrected chi connectivity index (χ2v) is 13.5. The van der Waals surface area contributed by atoms with Gasteiger partial charge in [-0.2, -0.15) is 0 Å². The monoisotopic (exact) mass is 848 g/mol. The fourth-order valence-electron chi connectivity index (χ4n) is 5.11. The molecule has 0 amide bonds. The molecule has 19 heteroatoms. The van der Waals surface area contributed by atoms with Gasteiger partial charge in [-0.1, -0.05) is 12.1 Å². The molecular formula is C34H44N6O10S2Sr. The number of aromatic nitrogens is 6. The van der Waals surface area contributed by atoms with Crippen LogP contribution in [0, 0.1) is 27.7 Å². The second-order valence-electron chi connectivity index (χ2n) is 10.8. The first-order valence-electron chi connectivity index (χ1n) is 14.8. The van der Waals surface area contributed by atoms with Crippen LogP contribution in [0.15, 0.2) is 59.1 Å². The van der Waals surface area contributed by atoms with E-state index in [4.69, 9.17) is 18.9 Å². The van der Waals surface area contributed by atoms with Gasteiger partial charge in [-0.05, 0) is 74.0 Å². The molecule has 0 bridgehead atoms. The first kappa shape index (κ1) is 49.5. The summed E-state index contributed by atoms with van der Waals surface area (Å²) in [5.74, 6) is 3.43. The first-order chi connectivity index (χ1) is 23.1. The minimum Gasteiger partial charge on any atom is -0.497 e. The van der Waals surface area contributed by atoms with Gasteiger partial charge in [0.1, 0.15) is 23.0 Å². The van der Waals surface area contributed by atoms with Crippen molar-refractivity contribution >= 4 is 89.1 Å². The van der Waals surface area contributed by atoms with Gasteiger partial charge in [0.05, 0.1) is 72.9 Å². The standard InChI is InChI=1S/2C17H18N3O3S.4H2O.Sr/c2*1-10-8-18-15(11(2)16(10)23-4)9-24(21)17-19-13-6-5-12(22-3)7-14(13)20-17;;;;;/h2*5-8H,9H2,1-4H3;4*1H2;/q2*-1;;;;;+2/t2*24-;;;;;/m10...../s1. The number of hydrogen-bond acceptors (Lipinski definition) is 10. The Morgan fingerprint density at radius 3 is 1.26 bits per heavy atom. The van der Waals surface area contributed by atoms with Crippen molar-refractivity contribution < 1.29 is 49.3 Å².